The molecule has 0 heterocycles. The van der Waals surface area contributed by atoms with Crippen LogP contribution in [0.5, 0.6) is 5.75 Å². The zero-order chi connectivity index (χ0) is 12.8. The first-order valence-corrected chi connectivity index (χ1v) is 6.54. The van der Waals surface area contributed by atoms with E-state index in [1.807, 2.05) is 0 Å². The molecule has 0 aliphatic heterocycles. The van der Waals surface area contributed by atoms with Crippen LogP contribution in [0, 0.1) is 5.82 Å². The molecule has 1 aliphatic rings. The van der Waals surface area contributed by atoms with Crippen LogP contribution in [0.15, 0.2) is 24.3 Å². The summed E-state index contributed by atoms with van der Waals surface area (Å²) in [6.45, 7) is 0.711. The molecule has 1 unspecified atom stereocenters. The molecule has 0 amide bonds. The standard InChI is InChI=1S/C14H20FNO2/c15-11-4-3-7-14(8-11)18-10-13(17)9-16-12-5-1-2-6-12/h3-4,7-8,12-13,16-17H,1-2,5-6,9-10H2. The van der Waals surface area contributed by atoms with Gasteiger partial charge in [0, 0.05) is 18.7 Å². The van der Waals surface area contributed by atoms with Crippen LogP contribution in [0.1, 0.15) is 25.7 Å². The second-order valence-electron chi connectivity index (χ2n) is 4.81. The van der Waals surface area contributed by atoms with Gasteiger partial charge in [-0.25, -0.2) is 4.39 Å². The van der Waals surface area contributed by atoms with E-state index in [-0.39, 0.29) is 12.4 Å². The van der Waals surface area contributed by atoms with Gasteiger partial charge < -0.3 is 15.2 Å². The molecule has 2 N–H and O–H groups in total. The fourth-order valence-electron chi connectivity index (χ4n) is 2.24. The van der Waals surface area contributed by atoms with Crippen molar-refractivity contribution in [3.8, 4) is 5.75 Å². The van der Waals surface area contributed by atoms with Crippen LogP contribution < -0.4 is 10.1 Å². The molecule has 0 radical (unpaired) electrons. The molecule has 1 fully saturated rings. The van der Waals surface area contributed by atoms with E-state index < -0.39 is 6.10 Å². The first-order chi connectivity index (χ1) is 8.74. The lowest BCUT2D eigenvalue weighted by Crippen LogP contribution is -2.36. The van der Waals surface area contributed by atoms with Gasteiger partial charge in [-0.1, -0.05) is 18.9 Å². The molecular formula is C14H20FNO2. The summed E-state index contributed by atoms with van der Waals surface area (Å²) in [6.07, 6.45) is 4.37. The Bertz CT molecular complexity index is 367. The third kappa shape index (κ3) is 4.27. The predicted molar refractivity (Wildman–Crippen MR) is 68.2 cm³/mol. The summed E-state index contributed by atoms with van der Waals surface area (Å²) < 4.78 is 18.2. The van der Waals surface area contributed by atoms with E-state index in [9.17, 15) is 9.50 Å². The monoisotopic (exact) mass is 253 g/mol. The van der Waals surface area contributed by atoms with Crippen LogP contribution >= 0.6 is 0 Å². The van der Waals surface area contributed by atoms with Crippen LogP contribution in [-0.4, -0.2) is 30.4 Å². The van der Waals surface area contributed by atoms with Crippen molar-refractivity contribution < 1.29 is 14.2 Å². The highest BCUT2D eigenvalue weighted by molar-refractivity contribution is 5.22. The number of benzene rings is 1. The number of aliphatic hydroxyl groups excluding tert-OH is 1. The van der Waals surface area contributed by atoms with Crippen molar-refractivity contribution in [3.05, 3.63) is 30.1 Å². The minimum absolute atomic E-state index is 0.184. The molecule has 0 saturated heterocycles. The van der Waals surface area contributed by atoms with Gasteiger partial charge in [-0.3, -0.25) is 0 Å². The van der Waals surface area contributed by atoms with Gasteiger partial charge in [0.1, 0.15) is 24.3 Å². The predicted octanol–water partition coefficient (Wildman–Crippen LogP) is 2.10. The largest absolute Gasteiger partial charge is 0.491 e. The van der Waals surface area contributed by atoms with Crippen molar-refractivity contribution in [2.75, 3.05) is 13.2 Å². The maximum atomic E-state index is 12.9. The summed E-state index contributed by atoms with van der Waals surface area (Å²) in [5, 5.41) is 13.1. The van der Waals surface area contributed by atoms with E-state index in [0.29, 0.717) is 18.3 Å². The van der Waals surface area contributed by atoms with Crippen molar-refractivity contribution >= 4 is 0 Å². The number of hydrogen-bond donors (Lipinski definition) is 2. The summed E-state index contributed by atoms with van der Waals surface area (Å²) in [5.41, 5.74) is 0. The fourth-order valence-corrected chi connectivity index (χ4v) is 2.24. The van der Waals surface area contributed by atoms with Gasteiger partial charge in [0.2, 0.25) is 0 Å². The normalized spacial score (nSPS) is 17.9. The van der Waals surface area contributed by atoms with Gasteiger partial charge >= 0.3 is 0 Å². The molecule has 1 aromatic carbocycles. The summed E-state index contributed by atoms with van der Waals surface area (Å²) in [5.74, 6) is 0.126. The number of hydrogen-bond acceptors (Lipinski definition) is 3. The number of ether oxygens (including phenoxy) is 1. The highest BCUT2D eigenvalue weighted by atomic mass is 19.1. The SMILES string of the molecule is OC(CNC1CCCC1)COc1cccc(F)c1. The Balaban J connectivity index is 1.66. The van der Waals surface area contributed by atoms with E-state index in [1.165, 1.54) is 37.8 Å². The quantitative estimate of drug-likeness (QED) is 0.815. The molecule has 18 heavy (non-hydrogen) atoms. The van der Waals surface area contributed by atoms with Crippen LogP contribution in [0.4, 0.5) is 4.39 Å². The lowest BCUT2D eigenvalue weighted by atomic mass is 10.2. The van der Waals surface area contributed by atoms with Gasteiger partial charge in [-0.05, 0) is 25.0 Å². The Morgan fingerprint density at radius 3 is 2.89 bits per heavy atom. The van der Waals surface area contributed by atoms with Gasteiger partial charge in [0.05, 0.1) is 0 Å². The zero-order valence-corrected chi connectivity index (χ0v) is 10.4. The molecule has 0 bridgehead atoms. The third-order valence-corrected chi connectivity index (χ3v) is 3.24. The van der Waals surface area contributed by atoms with Crippen LogP contribution in [0.3, 0.4) is 0 Å². The Hall–Kier alpha value is -1.13. The molecule has 1 aliphatic carbocycles. The van der Waals surface area contributed by atoms with Gasteiger partial charge in [-0.15, -0.1) is 0 Å². The topological polar surface area (TPSA) is 41.5 Å². The number of rotatable bonds is 6. The van der Waals surface area contributed by atoms with Crippen LogP contribution in [0.25, 0.3) is 0 Å². The molecule has 1 atom stereocenters. The van der Waals surface area contributed by atoms with Crippen molar-refractivity contribution in [3.63, 3.8) is 0 Å². The van der Waals surface area contributed by atoms with Crippen molar-refractivity contribution in [1.29, 1.82) is 0 Å². The summed E-state index contributed by atoms with van der Waals surface area (Å²) in [7, 11) is 0. The smallest absolute Gasteiger partial charge is 0.126 e. The van der Waals surface area contributed by atoms with E-state index in [4.69, 9.17) is 4.74 Å². The molecule has 0 spiro atoms. The number of nitrogens with one attached hydrogen (secondary N) is 1. The molecule has 4 heteroatoms. The zero-order valence-electron chi connectivity index (χ0n) is 10.4. The van der Waals surface area contributed by atoms with Gasteiger partial charge in [-0.2, -0.15) is 0 Å². The third-order valence-electron chi connectivity index (χ3n) is 3.24. The van der Waals surface area contributed by atoms with Crippen molar-refractivity contribution in [2.45, 2.75) is 37.8 Å². The second-order valence-corrected chi connectivity index (χ2v) is 4.81. The molecule has 0 aromatic heterocycles. The van der Waals surface area contributed by atoms with Crippen LogP contribution in [0.2, 0.25) is 0 Å². The van der Waals surface area contributed by atoms with E-state index >= 15 is 0 Å². The first-order valence-electron chi connectivity index (χ1n) is 6.54. The lowest BCUT2D eigenvalue weighted by Gasteiger charge is -2.16. The van der Waals surface area contributed by atoms with Crippen molar-refractivity contribution in [1.82, 2.24) is 5.32 Å². The minimum atomic E-state index is -0.561. The molecule has 2 rings (SSSR count). The minimum Gasteiger partial charge on any atom is -0.491 e. The van der Waals surface area contributed by atoms with E-state index in [0.717, 1.165) is 0 Å². The molecule has 100 valence electrons. The Kier molecular flexibility index (Phi) is 4.96. The first kappa shape index (κ1) is 13.3. The second kappa shape index (κ2) is 6.71. The summed E-state index contributed by atoms with van der Waals surface area (Å²) in [4.78, 5) is 0. The maximum absolute atomic E-state index is 12.9. The summed E-state index contributed by atoms with van der Waals surface area (Å²) in [6, 6.07) is 6.49. The molecule has 3 nitrogen and oxygen atoms in total. The average molecular weight is 253 g/mol. The number of halogens is 1. The summed E-state index contributed by atoms with van der Waals surface area (Å²) >= 11 is 0. The molecule has 1 saturated carbocycles. The Morgan fingerprint density at radius 2 is 2.17 bits per heavy atom. The fraction of sp³-hybridized carbons (Fsp3) is 0.571. The number of aliphatic hydroxyl groups is 1. The average Bonchev–Trinajstić information content (AvgIpc) is 2.87. The Labute approximate surface area is 107 Å². The van der Waals surface area contributed by atoms with Gasteiger partial charge in [0.25, 0.3) is 0 Å². The Morgan fingerprint density at radius 1 is 1.39 bits per heavy atom. The van der Waals surface area contributed by atoms with Crippen LogP contribution in [-0.2, 0) is 0 Å². The van der Waals surface area contributed by atoms with E-state index in [1.54, 1.807) is 12.1 Å². The highest BCUT2D eigenvalue weighted by Crippen LogP contribution is 2.17. The van der Waals surface area contributed by atoms with Gasteiger partial charge in [0.15, 0.2) is 0 Å². The molecular weight excluding hydrogens is 233 g/mol. The van der Waals surface area contributed by atoms with Crippen molar-refractivity contribution in [2.24, 2.45) is 0 Å². The van der Waals surface area contributed by atoms with E-state index in [2.05, 4.69) is 5.32 Å². The maximum Gasteiger partial charge on any atom is 0.126 e. The lowest BCUT2D eigenvalue weighted by molar-refractivity contribution is 0.103. The highest BCUT2D eigenvalue weighted by Gasteiger charge is 2.15. The molecule has 1 aromatic rings.